The van der Waals surface area contributed by atoms with Crippen LogP contribution in [-0.4, -0.2) is 44.2 Å². The zero-order valence-corrected chi connectivity index (χ0v) is 16.1. The predicted molar refractivity (Wildman–Crippen MR) is 101 cm³/mol. The van der Waals surface area contributed by atoms with Gasteiger partial charge in [0.05, 0.1) is 12.1 Å². The Bertz CT molecular complexity index is 1140. The highest BCUT2D eigenvalue weighted by Gasteiger charge is 2.21. The topological polar surface area (TPSA) is 141 Å². The molecule has 0 unspecified atom stereocenters. The van der Waals surface area contributed by atoms with Crippen LogP contribution in [0.1, 0.15) is 37.8 Å². The highest BCUT2D eigenvalue weighted by Crippen LogP contribution is 2.14. The van der Waals surface area contributed by atoms with Crippen molar-refractivity contribution in [3.05, 3.63) is 74.7 Å². The lowest BCUT2D eigenvalue weighted by Gasteiger charge is -2.16. The fraction of sp³-hybridized carbons (Fsp3) is 0.211. The van der Waals surface area contributed by atoms with E-state index in [2.05, 4.69) is 25.2 Å². The van der Waals surface area contributed by atoms with Crippen LogP contribution in [0.3, 0.4) is 0 Å². The van der Waals surface area contributed by atoms with Crippen molar-refractivity contribution in [1.29, 1.82) is 0 Å². The van der Waals surface area contributed by atoms with Gasteiger partial charge in [0.15, 0.2) is 5.75 Å². The molecule has 3 aromatic rings. The molecule has 0 atom stereocenters. The van der Waals surface area contributed by atoms with Crippen molar-refractivity contribution in [1.82, 2.24) is 25.5 Å². The number of pyridine rings is 1. The average Bonchev–Trinajstić information content (AvgIpc) is 3.13. The van der Waals surface area contributed by atoms with Crippen LogP contribution in [0.4, 0.5) is 4.39 Å². The molecule has 0 saturated heterocycles. The highest BCUT2D eigenvalue weighted by molar-refractivity contribution is 6.00. The molecule has 3 N–H and O–H groups in total. The van der Waals surface area contributed by atoms with E-state index in [-0.39, 0.29) is 24.3 Å². The Hall–Kier alpha value is -4.02. The van der Waals surface area contributed by atoms with Gasteiger partial charge in [-0.25, -0.2) is 9.02 Å². The van der Waals surface area contributed by atoms with Crippen molar-refractivity contribution in [3.63, 3.8) is 0 Å². The molecular weight excluding hydrogens is 397 g/mol. The van der Waals surface area contributed by atoms with E-state index in [1.54, 1.807) is 6.92 Å². The number of carbonyl (C=O) groups excluding carboxylic acids is 2. The second kappa shape index (κ2) is 8.55. The van der Waals surface area contributed by atoms with Crippen molar-refractivity contribution in [2.45, 2.75) is 20.0 Å². The van der Waals surface area contributed by atoms with Gasteiger partial charge in [-0.3, -0.25) is 14.4 Å². The van der Waals surface area contributed by atoms with E-state index >= 15 is 0 Å². The van der Waals surface area contributed by atoms with Crippen LogP contribution in [0.25, 0.3) is 0 Å². The Morgan fingerprint density at radius 1 is 1.27 bits per heavy atom. The van der Waals surface area contributed by atoms with E-state index in [0.717, 1.165) is 6.07 Å². The number of aromatic nitrogens is 3. The maximum Gasteiger partial charge on any atom is 0.291 e. The number of hydrogen-bond donors (Lipinski definition) is 3. The lowest BCUT2D eigenvalue weighted by atomic mass is 10.1. The fourth-order valence-corrected chi connectivity index (χ4v) is 2.62. The van der Waals surface area contributed by atoms with E-state index in [1.807, 2.05) is 0 Å². The molecule has 0 saturated carbocycles. The summed E-state index contributed by atoms with van der Waals surface area (Å²) in [5.41, 5.74) is 0.0133. The van der Waals surface area contributed by atoms with Crippen LogP contribution in [0, 0.1) is 12.7 Å². The van der Waals surface area contributed by atoms with E-state index < -0.39 is 28.9 Å². The van der Waals surface area contributed by atoms with Crippen molar-refractivity contribution >= 4 is 11.8 Å². The van der Waals surface area contributed by atoms with Gasteiger partial charge < -0.3 is 20.3 Å². The van der Waals surface area contributed by atoms with E-state index in [0.29, 0.717) is 17.0 Å². The van der Waals surface area contributed by atoms with E-state index in [1.165, 1.54) is 36.2 Å². The minimum atomic E-state index is -0.986. The Morgan fingerprint density at radius 2 is 1.97 bits per heavy atom. The van der Waals surface area contributed by atoms with Gasteiger partial charge >= 0.3 is 0 Å². The van der Waals surface area contributed by atoms with Crippen LogP contribution in [0.2, 0.25) is 0 Å². The summed E-state index contributed by atoms with van der Waals surface area (Å²) in [6, 6.07) is 6.54. The molecule has 0 aliphatic heterocycles. The number of benzene rings is 1. The molecule has 156 valence electrons. The molecule has 2 aromatic heterocycles. The second-order valence-corrected chi connectivity index (χ2v) is 6.54. The Balaban J connectivity index is 1.78. The molecule has 0 spiro atoms. The minimum absolute atomic E-state index is 0.0347. The van der Waals surface area contributed by atoms with Crippen molar-refractivity contribution in [2.24, 2.45) is 0 Å². The van der Waals surface area contributed by atoms with Crippen LogP contribution in [0.5, 0.6) is 5.75 Å². The number of aromatic hydroxyl groups is 1. The number of aromatic amines is 1. The van der Waals surface area contributed by atoms with Crippen LogP contribution >= 0.6 is 0 Å². The largest absolute Gasteiger partial charge is 0.502 e. The number of halogens is 1. The third kappa shape index (κ3) is 4.51. The summed E-state index contributed by atoms with van der Waals surface area (Å²) in [6.45, 7) is 1.76. The van der Waals surface area contributed by atoms with E-state index in [9.17, 15) is 23.9 Å². The van der Waals surface area contributed by atoms with E-state index in [4.69, 9.17) is 0 Å². The van der Waals surface area contributed by atoms with Crippen molar-refractivity contribution < 1.29 is 23.7 Å². The SMILES string of the molecule is Cc1nonc1CN(C)C(=O)c1cc(C(=O)NCc2ccc(F)cc2)c(O)c(=O)[nH]1. The molecule has 0 fully saturated rings. The first-order valence-electron chi connectivity index (χ1n) is 8.78. The highest BCUT2D eigenvalue weighted by atomic mass is 19.1. The number of nitrogens with zero attached hydrogens (tertiary/aromatic N) is 3. The number of amides is 2. The summed E-state index contributed by atoms with van der Waals surface area (Å²) in [5.74, 6) is -2.61. The van der Waals surface area contributed by atoms with Gasteiger partial charge in [0.25, 0.3) is 17.4 Å². The standard InChI is InChI=1S/C19H18FN5O5/c1-10-15(24-30-23-10)9-25(2)19(29)14-7-13(16(26)18(28)22-14)17(27)21-8-11-3-5-12(20)6-4-11/h3-7,26H,8-9H2,1-2H3,(H,21,27)(H,22,28). The number of aryl methyl sites for hydroxylation is 1. The molecular formula is C19H18FN5O5. The van der Waals surface area contributed by atoms with Gasteiger partial charge in [0.2, 0.25) is 0 Å². The fourth-order valence-electron chi connectivity index (χ4n) is 2.62. The number of hydrogen-bond acceptors (Lipinski definition) is 7. The maximum atomic E-state index is 13.0. The Labute approximate surface area is 169 Å². The van der Waals surface area contributed by atoms with Crippen LogP contribution < -0.4 is 10.9 Å². The Kier molecular flexibility index (Phi) is 5.90. The van der Waals surface area contributed by atoms with Gasteiger partial charge in [-0.1, -0.05) is 22.4 Å². The molecule has 10 nitrogen and oxygen atoms in total. The second-order valence-electron chi connectivity index (χ2n) is 6.54. The first kappa shape index (κ1) is 20.7. The number of nitrogens with one attached hydrogen (secondary N) is 2. The third-order valence-electron chi connectivity index (χ3n) is 4.33. The lowest BCUT2D eigenvalue weighted by Crippen LogP contribution is -2.31. The van der Waals surface area contributed by atoms with Gasteiger partial charge in [-0.15, -0.1) is 0 Å². The molecule has 30 heavy (non-hydrogen) atoms. The summed E-state index contributed by atoms with van der Waals surface area (Å²) in [6.07, 6.45) is 0. The molecule has 2 amide bonds. The van der Waals surface area contributed by atoms with Gasteiger partial charge in [0, 0.05) is 13.6 Å². The molecule has 1 aromatic carbocycles. The molecule has 0 aliphatic carbocycles. The van der Waals surface area contributed by atoms with Crippen LogP contribution in [-0.2, 0) is 13.1 Å². The number of carbonyl (C=O) groups is 2. The lowest BCUT2D eigenvalue weighted by molar-refractivity contribution is 0.0775. The molecule has 0 bridgehead atoms. The minimum Gasteiger partial charge on any atom is -0.502 e. The van der Waals surface area contributed by atoms with Gasteiger partial charge in [-0.2, -0.15) is 0 Å². The smallest absolute Gasteiger partial charge is 0.291 e. The van der Waals surface area contributed by atoms with Crippen molar-refractivity contribution in [2.75, 3.05) is 7.05 Å². The van der Waals surface area contributed by atoms with Crippen LogP contribution in [0.15, 0.2) is 39.8 Å². The quantitative estimate of drug-likeness (QED) is 0.548. The average molecular weight is 415 g/mol. The first-order chi connectivity index (χ1) is 14.3. The molecule has 0 aliphatic rings. The Morgan fingerprint density at radius 3 is 2.60 bits per heavy atom. The maximum absolute atomic E-state index is 13.0. The summed E-state index contributed by atoms with van der Waals surface area (Å²) >= 11 is 0. The summed E-state index contributed by atoms with van der Waals surface area (Å²) in [5, 5.41) is 19.8. The zero-order valence-electron chi connectivity index (χ0n) is 16.1. The normalized spacial score (nSPS) is 10.6. The van der Waals surface area contributed by atoms with Gasteiger partial charge in [0.1, 0.15) is 22.9 Å². The molecule has 0 radical (unpaired) electrons. The first-order valence-corrected chi connectivity index (χ1v) is 8.78. The summed E-state index contributed by atoms with van der Waals surface area (Å²) < 4.78 is 17.6. The third-order valence-corrected chi connectivity index (χ3v) is 4.33. The number of H-pyrrole nitrogens is 1. The molecule has 2 heterocycles. The monoisotopic (exact) mass is 415 g/mol. The predicted octanol–water partition coefficient (Wildman–Crippen LogP) is 1.11. The van der Waals surface area contributed by atoms with Gasteiger partial charge in [-0.05, 0) is 30.7 Å². The van der Waals surface area contributed by atoms with Crippen molar-refractivity contribution in [3.8, 4) is 5.75 Å². The number of rotatable bonds is 6. The zero-order chi connectivity index (χ0) is 21.8. The summed E-state index contributed by atoms with van der Waals surface area (Å²) in [4.78, 5) is 40.6. The summed E-state index contributed by atoms with van der Waals surface area (Å²) in [7, 11) is 1.47. The molecule has 11 heteroatoms. The molecule has 3 rings (SSSR count).